The molecule has 6 nitrogen and oxygen atoms in total. The van der Waals surface area contributed by atoms with Gasteiger partial charge >= 0.3 is 0 Å². The number of hydrogen-bond donors (Lipinski definition) is 1. The number of tetrazole rings is 1. The molecule has 8 heteroatoms. The first-order valence-corrected chi connectivity index (χ1v) is 7.87. The van der Waals surface area contributed by atoms with E-state index in [1.54, 1.807) is 29.5 Å². The predicted octanol–water partition coefficient (Wildman–Crippen LogP) is 2.42. The molecule has 0 saturated heterocycles. The minimum Gasteiger partial charge on any atom is -0.347 e. The highest BCUT2D eigenvalue weighted by Gasteiger charge is 2.17. The van der Waals surface area contributed by atoms with Crippen molar-refractivity contribution in [2.75, 3.05) is 0 Å². The SMILES string of the molecule is CC(NC(=O)Cn1nnnc1-c1ccccc1F)c1cccs1. The Morgan fingerprint density at radius 3 is 2.91 bits per heavy atom. The third kappa shape index (κ3) is 3.42. The van der Waals surface area contributed by atoms with Crippen LogP contribution in [0.25, 0.3) is 11.4 Å². The van der Waals surface area contributed by atoms with Crippen LogP contribution in [-0.4, -0.2) is 26.1 Å². The van der Waals surface area contributed by atoms with Gasteiger partial charge in [0.05, 0.1) is 11.6 Å². The van der Waals surface area contributed by atoms with Gasteiger partial charge in [0.2, 0.25) is 5.91 Å². The van der Waals surface area contributed by atoms with E-state index < -0.39 is 5.82 Å². The fraction of sp³-hybridized carbons (Fsp3) is 0.200. The van der Waals surface area contributed by atoms with Crippen molar-refractivity contribution >= 4 is 17.2 Å². The van der Waals surface area contributed by atoms with Crippen LogP contribution < -0.4 is 5.32 Å². The lowest BCUT2D eigenvalue weighted by Crippen LogP contribution is -2.30. The Hall–Kier alpha value is -2.61. The molecular formula is C15H14FN5OS. The zero-order chi connectivity index (χ0) is 16.2. The van der Waals surface area contributed by atoms with Crippen LogP contribution in [0, 0.1) is 5.82 Å². The predicted molar refractivity (Wildman–Crippen MR) is 84.1 cm³/mol. The molecular weight excluding hydrogens is 317 g/mol. The zero-order valence-corrected chi connectivity index (χ0v) is 13.1. The summed E-state index contributed by atoms with van der Waals surface area (Å²) in [5, 5.41) is 16.0. The highest BCUT2D eigenvalue weighted by Crippen LogP contribution is 2.20. The maximum Gasteiger partial charge on any atom is 0.242 e. The molecule has 118 valence electrons. The van der Waals surface area contributed by atoms with Crippen molar-refractivity contribution in [3.8, 4) is 11.4 Å². The Balaban J connectivity index is 1.73. The Morgan fingerprint density at radius 1 is 1.35 bits per heavy atom. The van der Waals surface area contributed by atoms with Crippen LogP contribution in [0.15, 0.2) is 41.8 Å². The van der Waals surface area contributed by atoms with E-state index in [9.17, 15) is 9.18 Å². The first kappa shape index (κ1) is 15.3. The lowest BCUT2D eigenvalue weighted by molar-refractivity contribution is -0.122. The Labute approximate surface area is 136 Å². The molecule has 23 heavy (non-hydrogen) atoms. The van der Waals surface area contributed by atoms with Crippen molar-refractivity contribution in [2.24, 2.45) is 0 Å². The van der Waals surface area contributed by atoms with E-state index in [-0.39, 0.29) is 29.9 Å². The van der Waals surface area contributed by atoms with Crippen LogP contribution in [0.5, 0.6) is 0 Å². The second-order valence-corrected chi connectivity index (χ2v) is 5.92. The van der Waals surface area contributed by atoms with Crippen molar-refractivity contribution in [3.63, 3.8) is 0 Å². The van der Waals surface area contributed by atoms with Crippen LogP contribution >= 0.6 is 11.3 Å². The van der Waals surface area contributed by atoms with Crippen LogP contribution in [0.4, 0.5) is 4.39 Å². The van der Waals surface area contributed by atoms with E-state index in [4.69, 9.17) is 0 Å². The van der Waals surface area contributed by atoms with E-state index >= 15 is 0 Å². The summed E-state index contributed by atoms with van der Waals surface area (Å²) in [5.41, 5.74) is 0.261. The van der Waals surface area contributed by atoms with Gasteiger partial charge in [0.15, 0.2) is 5.82 Å². The van der Waals surface area contributed by atoms with E-state index in [1.165, 1.54) is 10.7 Å². The summed E-state index contributed by atoms with van der Waals surface area (Å²) < 4.78 is 15.1. The molecule has 0 aliphatic carbocycles. The van der Waals surface area contributed by atoms with Crippen LogP contribution in [0.3, 0.4) is 0 Å². The molecule has 1 atom stereocenters. The smallest absolute Gasteiger partial charge is 0.242 e. The van der Waals surface area contributed by atoms with Crippen molar-refractivity contribution in [1.82, 2.24) is 25.5 Å². The summed E-state index contributed by atoms with van der Waals surface area (Å²) in [6, 6.07) is 9.96. The fourth-order valence-corrected chi connectivity index (χ4v) is 2.91. The third-order valence-corrected chi connectivity index (χ3v) is 4.34. The number of nitrogens with one attached hydrogen (secondary N) is 1. The summed E-state index contributed by atoms with van der Waals surface area (Å²) >= 11 is 1.57. The summed E-state index contributed by atoms with van der Waals surface area (Å²) in [5.74, 6) is -0.450. The lowest BCUT2D eigenvalue weighted by atomic mass is 10.2. The number of amides is 1. The molecule has 0 spiro atoms. The molecule has 0 fully saturated rings. The van der Waals surface area contributed by atoms with Gasteiger partial charge in [-0.2, -0.15) is 0 Å². The minimum absolute atomic E-state index is 0.0770. The van der Waals surface area contributed by atoms with Gasteiger partial charge in [0.25, 0.3) is 0 Å². The summed E-state index contributed by atoms with van der Waals surface area (Å²) in [4.78, 5) is 13.2. The molecule has 0 saturated carbocycles. The van der Waals surface area contributed by atoms with Gasteiger partial charge in [-0.05, 0) is 40.9 Å². The zero-order valence-electron chi connectivity index (χ0n) is 12.3. The minimum atomic E-state index is -0.434. The molecule has 1 amide bonds. The first-order valence-electron chi connectivity index (χ1n) is 6.99. The molecule has 1 N–H and O–H groups in total. The molecule has 2 aromatic heterocycles. The summed E-state index contributed by atoms with van der Waals surface area (Å²) in [6.45, 7) is 1.83. The number of halogens is 1. The second kappa shape index (κ2) is 6.66. The average molecular weight is 331 g/mol. The van der Waals surface area contributed by atoms with Crippen LogP contribution in [0.2, 0.25) is 0 Å². The maximum atomic E-state index is 13.9. The molecule has 2 heterocycles. The van der Waals surface area contributed by atoms with Crippen molar-refractivity contribution in [1.29, 1.82) is 0 Å². The van der Waals surface area contributed by atoms with E-state index in [0.717, 1.165) is 4.88 Å². The standard InChI is InChI=1S/C15H14FN5OS/c1-10(13-7-4-8-23-13)17-14(22)9-21-15(18-19-20-21)11-5-2-3-6-12(11)16/h2-8,10H,9H2,1H3,(H,17,22). The fourth-order valence-electron chi connectivity index (χ4n) is 2.18. The number of rotatable bonds is 5. The molecule has 1 unspecified atom stereocenters. The molecule has 0 bridgehead atoms. The Bertz CT molecular complexity index is 802. The number of nitrogens with zero attached hydrogens (tertiary/aromatic N) is 4. The van der Waals surface area contributed by atoms with Gasteiger partial charge in [-0.3, -0.25) is 4.79 Å². The highest BCUT2D eigenvalue weighted by atomic mass is 32.1. The topological polar surface area (TPSA) is 72.7 Å². The number of hydrogen-bond acceptors (Lipinski definition) is 5. The largest absolute Gasteiger partial charge is 0.347 e. The van der Waals surface area contributed by atoms with Gasteiger partial charge in [-0.15, -0.1) is 16.4 Å². The summed E-state index contributed by atoms with van der Waals surface area (Å²) in [7, 11) is 0. The Kier molecular flexibility index (Phi) is 4.42. The molecule has 3 rings (SSSR count). The van der Waals surface area contributed by atoms with Gasteiger partial charge < -0.3 is 5.32 Å². The van der Waals surface area contributed by atoms with E-state index in [1.807, 2.05) is 24.4 Å². The number of thiophene rings is 1. The van der Waals surface area contributed by atoms with Crippen molar-refractivity contribution in [2.45, 2.75) is 19.5 Å². The number of aromatic nitrogens is 4. The highest BCUT2D eigenvalue weighted by molar-refractivity contribution is 7.10. The van der Waals surface area contributed by atoms with Gasteiger partial charge in [0, 0.05) is 4.88 Å². The molecule has 1 aromatic carbocycles. The van der Waals surface area contributed by atoms with Gasteiger partial charge in [0.1, 0.15) is 12.4 Å². The monoisotopic (exact) mass is 331 g/mol. The van der Waals surface area contributed by atoms with Crippen molar-refractivity contribution < 1.29 is 9.18 Å². The van der Waals surface area contributed by atoms with Crippen LogP contribution in [-0.2, 0) is 11.3 Å². The lowest BCUT2D eigenvalue weighted by Gasteiger charge is -2.12. The van der Waals surface area contributed by atoms with Gasteiger partial charge in [-0.25, -0.2) is 9.07 Å². The normalized spacial score (nSPS) is 12.1. The molecule has 0 aliphatic rings. The van der Waals surface area contributed by atoms with Crippen molar-refractivity contribution in [3.05, 3.63) is 52.5 Å². The third-order valence-electron chi connectivity index (χ3n) is 3.29. The second-order valence-electron chi connectivity index (χ2n) is 4.94. The number of carbonyl (C=O) groups excluding carboxylic acids is 1. The first-order chi connectivity index (χ1) is 11.1. The molecule has 0 radical (unpaired) electrons. The number of carbonyl (C=O) groups is 1. The Morgan fingerprint density at radius 2 is 2.17 bits per heavy atom. The quantitative estimate of drug-likeness (QED) is 0.779. The van der Waals surface area contributed by atoms with Gasteiger partial charge in [-0.1, -0.05) is 18.2 Å². The van der Waals surface area contributed by atoms with Crippen LogP contribution in [0.1, 0.15) is 17.8 Å². The molecule has 3 aromatic rings. The molecule has 0 aliphatic heterocycles. The maximum absolute atomic E-state index is 13.9. The summed E-state index contributed by atoms with van der Waals surface area (Å²) in [6.07, 6.45) is 0. The van der Waals surface area contributed by atoms with E-state index in [2.05, 4.69) is 20.8 Å². The van der Waals surface area contributed by atoms with E-state index in [0.29, 0.717) is 0 Å². The average Bonchev–Trinajstić information content (AvgIpc) is 3.19. The number of benzene rings is 1.